The molecule has 2 rings (SSSR count). The maximum absolute atomic E-state index is 12.3. The van der Waals surface area contributed by atoms with Crippen molar-refractivity contribution in [2.75, 3.05) is 39.8 Å². The van der Waals surface area contributed by atoms with Crippen LogP contribution in [0, 0.1) is 0 Å². The molecule has 0 atom stereocenters. The third kappa shape index (κ3) is 2.98. The monoisotopic (exact) mass is 264 g/mol. The van der Waals surface area contributed by atoms with Gasteiger partial charge in [-0.15, -0.1) is 0 Å². The summed E-state index contributed by atoms with van der Waals surface area (Å²) in [6.45, 7) is 6.47. The molecule has 1 amide bonds. The van der Waals surface area contributed by atoms with Crippen molar-refractivity contribution < 1.29 is 14.6 Å². The molecule has 0 aromatic heterocycles. The van der Waals surface area contributed by atoms with Gasteiger partial charge >= 0.3 is 0 Å². The van der Waals surface area contributed by atoms with Crippen molar-refractivity contribution in [3.05, 3.63) is 23.8 Å². The standard InChI is InChI=1S/C14H20N2O3/c1-3-15-6-8-16(9-7-15)14(18)11-4-5-12(17)13(10-11)19-2/h4-5,10,17H,3,6-9H2,1-2H3. The lowest BCUT2D eigenvalue weighted by Crippen LogP contribution is -2.48. The maximum atomic E-state index is 12.3. The first-order chi connectivity index (χ1) is 9.15. The van der Waals surface area contributed by atoms with E-state index in [0.29, 0.717) is 11.3 Å². The lowest BCUT2D eigenvalue weighted by Gasteiger charge is -2.34. The first-order valence-corrected chi connectivity index (χ1v) is 6.54. The Hall–Kier alpha value is -1.75. The summed E-state index contributed by atoms with van der Waals surface area (Å²) < 4.78 is 5.03. The molecule has 5 heteroatoms. The van der Waals surface area contributed by atoms with E-state index >= 15 is 0 Å². The van der Waals surface area contributed by atoms with Gasteiger partial charge in [0.2, 0.25) is 0 Å². The molecule has 1 aromatic carbocycles. The number of carbonyl (C=O) groups is 1. The van der Waals surface area contributed by atoms with E-state index in [4.69, 9.17) is 4.74 Å². The van der Waals surface area contributed by atoms with E-state index < -0.39 is 0 Å². The highest BCUT2D eigenvalue weighted by atomic mass is 16.5. The van der Waals surface area contributed by atoms with Crippen LogP contribution in [-0.2, 0) is 0 Å². The normalized spacial score (nSPS) is 16.4. The minimum Gasteiger partial charge on any atom is -0.504 e. The highest BCUT2D eigenvalue weighted by Gasteiger charge is 2.21. The Morgan fingerprint density at radius 2 is 2.00 bits per heavy atom. The van der Waals surface area contributed by atoms with Gasteiger partial charge < -0.3 is 19.6 Å². The summed E-state index contributed by atoms with van der Waals surface area (Å²) in [6, 6.07) is 4.71. The molecule has 0 spiro atoms. The van der Waals surface area contributed by atoms with E-state index in [1.807, 2.05) is 4.90 Å². The van der Waals surface area contributed by atoms with Crippen LogP contribution in [0.15, 0.2) is 18.2 Å². The molecule has 1 aromatic rings. The van der Waals surface area contributed by atoms with Gasteiger partial charge in [0, 0.05) is 31.7 Å². The van der Waals surface area contributed by atoms with Crippen LogP contribution in [0.4, 0.5) is 0 Å². The van der Waals surface area contributed by atoms with Crippen molar-refractivity contribution in [2.24, 2.45) is 0 Å². The molecule has 1 N–H and O–H groups in total. The molecule has 1 aliphatic heterocycles. The number of hydrogen-bond donors (Lipinski definition) is 1. The predicted octanol–water partition coefficient (Wildman–Crippen LogP) is 1.18. The number of rotatable bonds is 3. The van der Waals surface area contributed by atoms with Gasteiger partial charge in [0.15, 0.2) is 11.5 Å². The van der Waals surface area contributed by atoms with Gasteiger partial charge in [-0.25, -0.2) is 0 Å². The zero-order valence-electron chi connectivity index (χ0n) is 11.4. The third-order valence-electron chi connectivity index (χ3n) is 3.53. The van der Waals surface area contributed by atoms with Crippen LogP contribution in [0.25, 0.3) is 0 Å². The largest absolute Gasteiger partial charge is 0.504 e. The topological polar surface area (TPSA) is 53.0 Å². The molecular weight excluding hydrogens is 244 g/mol. The van der Waals surface area contributed by atoms with Crippen LogP contribution in [0.1, 0.15) is 17.3 Å². The van der Waals surface area contributed by atoms with Crippen molar-refractivity contribution in [2.45, 2.75) is 6.92 Å². The summed E-state index contributed by atoms with van der Waals surface area (Å²) in [5, 5.41) is 9.54. The van der Waals surface area contributed by atoms with Gasteiger partial charge in [-0.05, 0) is 24.7 Å². The zero-order chi connectivity index (χ0) is 13.8. The Morgan fingerprint density at radius 3 is 2.58 bits per heavy atom. The molecule has 1 aliphatic rings. The summed E-state index contributed by atoms with van der Waals surface area (Å²) in [5.74, 6) is 0.377. The maximum Gasteiger partial charge on any atom is 0.254 e. The number of carbonyl (C=O) groups excluding carboxylic acids is 1. The molecular formula is C14H20N2O3. The van der Waals surface area contributed by atoms with Gasteiger partial charge in [-0.3, -0.25) is 4.79 Å². The average Bonchev–Trinajstić information content (AvgIpc) is 2.47. The molecule has 1 fully saturated rings. The lowest BCUT2D eigenvalue weighted by atomic mass is 10.1. The second kappa shape index (κ2) is 5.93. The van der Waals surface area contributed by atoms with Gasteiger partial charge in [-0.1, -0.05) is 6.92 Å². The van der Waals surface area contributed by atoms with Crippen LogP contribution < -0.4 is 4.74 Å². The highest BCUT2D eigenvalue weighted by molar-refractivity contribution is 5.95. The Kier molecular flexibility index (Phi) is 4.27. The van der Waals surface area contributed by atoms with Crippen molar-refractivity contribution in [1.82, 2.24) is 9.80 Å². The number of piperazine rings is 1. The van der Waals surface area contributed by atoms with Gasteiger partial charge in [0.25, 0.3) is 5.91 Å². The number of benzene rings is 1. The Bertz CT molecular complexity index is 454. The van der Waals surface area contributed by atoms with Gasteiger partial charge in [0.05, 0.1) is 7.11 Å². The van der Waals surface area contributed by atoms with Crippen LogP contribution in [0.3, 0.4) is 0 Å². The zero-order valence-corrected chi connectivity index (χ0v) is 11.4. The summed E-state index contributed by atoms with van der Waals surface area (Å²) >= 11 is 0. The summed E-state index contributed by atoms with van der Waals surface area (Å²) in [4.78, 5) is 16.5. The molecule has 19 heavy (non-hydrogen) atoms. The number of phenols is 1. The van der Waals surface area contributed by atoms with Crippen LogP contribution in [0.2, 0.25) is 0 Å². The summed E-state index contributed by atoms with van der Waals surface area (Å²) in [5.41, 5.74) is 0.555. The van der Waals surface area contributed by atoms with Crippen molar-refractivity contribution in [3.63, 3.8) is 0 Å². The number of likely N-dealkylation sites (N-methyl/N-ethyl adjacent to an activating group) is 1. The van der Waals surface area contributed by atoms with Gasteiger partial charge in [-0.2, -0.15) is 0 Å². The number of amides is 1. The third-order valence-corrected chi connectivity index (χ3v) is 3.53. The number of nitrogens with zero attached hydrogens (tertiary/aromatic N) is 2. The predicted molar refractivity (Wildman–Crippen MR) is 72.7 cm³/mol. The number of methoxy groups -OCH3 is 1. The highest BCUT2D eigenvalue weighted by Crippen LogP contribution is 2.26. The second-order valence-corrected chi connectivity index (χ2v) is 4.61. The summed E-state index contributed by atoms with van der Waals surface area (Å²) in [6.07, 6.45) is 0. The first-order valence-electron chi connectivity index (χ1n) is 6.54. The number of phenolic OH excluding ortho intramolecular Hbond substituents is 1. The Morgan fingerprint density at radius 1 is 1.32 bits per heavy atom. The molecule has 0 bridgehead atoms. The van der Waals surface area contributed by atoms with Crippen molar-refractivity contribution >= 4 is 5.91 Å². The SMILES string of the molecule is CCN1CCN(C(=O)c2ccc(O)c(OC)c2)CC1. The number of ether oxygens (including phenoxy) is 1. The molecule has 0 unspecified atom stereocenters. The number of aromatic hydroxyl groups is 1. The van der Waals surface area contributed by atoms with Crippen molar-refractivity contribution in [1.29, 1.82) is 0 Å². The quantitative estimate of drug-likeness (QED) is 0.890. The molecule has 0 aliphatic carbocycles. The van der Waals surface area contributed by atoms with E-state index in [9.17, 15) is 9.90 Å². The molecule has 0 saturated carbocycles. The summed E-state index contributed by atoms with van der Waals surface area (Å²) in [7, 11) is 1.48. The van der Waals surface area contributed by atoms with E-state index in [1.54, 1.807) is 12.1 Å². The second-order valence-electron chi connectivity index (χ2n) is 4.61. The van der Waals surface area contributed by atoms with Crippen LogP contribution in [-0.4, -0.2) is 60.6 Å². The molecule has 0 radical (unpaired) electrons. The van der Waals surface area contributed by atoms with E-state index in [1.165, 1.54) is 13.2 Å². The molecule has 5 nitrogen and oxygen atoms in total. The van der Waals surface area contributed by atoms with Crippen LogP contribution >= 0.6 is 0 Å². The first kappa shape index (κ1) is 13.7. The van der Waals surface area contributed by atoms with Crippen molar-refractivity contribution in [3.8, 4) is 11.5 Å². The lowest BCUT2D eigenvalue weighted by molar-refractivity contribution is 0.0643. The minimum atomic E-state index is -0.00551. The molecule has 1 heterocycles. The fourth-order valence-corrected chi connectivity index (χ4v) is 2.26. The molecule has 104 valence electrons. The average molecular weight is 264 g/mol. The molecule has 1 saturated heterocycles. The van der Waals surface area contributed by atoms with E-state index in [2.05, 4.69) is 11.8 Å². The fourth-order valence-electron chi connectivity index (χ4n) is 2.26. The number of hydrogen-bond acceptors (Lipinski definition) is 4. The Balaban J connectivity index is 2.08. The van der Waals surface area contributed by atoms with Gasteiger partial charge in [0.1, 0.15) is 0 Å². The van der Waals surface area contributed by atoms with E-state index in [0.717, 1.165) is 32.7 Å². The van der Waals surface area contributed by atoms with E-state index in [-0.39, 0.29) is 11.7 Å². The minimum absolute atomic E-state index is 0.00551. The smallest absolute Gasteiger partial charge is 0.254 e. The van der Waals surface area contributed by atoms with Crippen LogP contribution in [0.5, 0.6) is 11.5 Å². The Labute approximate surface area is 113 Å². The fraction of sp³-hybridized carbons (Fsp3) is 0.500.